The molecule has 2 aliphatic rings. The monoisotopic (exact) mass is 290 g/mol. The predicted octanol–water partition coefficient (Wildman–Crippen LogP) is 0.971. The molecule has 0 spiro atoms. The molecule has 1 aliphatic carbocycles. The van der Waals surface area contributed by atoms with Crippen LogP contribution in [0.2, 0.25) is 0 Å². The molecule has 0 aromatic heterocycles. The Labute approximate surface area is 124 Å². The van der Waals surface area contributed by atoms with Gasteiger partial charge in [0.15, 0.2) is 0 Å². The van der Waals surface area contributed by atoms with E-state index in [1.54, 1.807) is 0 Å². The van der Waals surface area contributed by atoms with E-state index < -0.39 is 0 Å². The van der Waals surface area contributed by atoms with Gasteiger partial charge in [0, 0.05) is 18.3 Å². The van der Waals surface area contributed by atoms with Crippen LogP contribution in [0.3, 0.4) is 0 Å². The molecule has 1 heterocycles. The third-order valence-electron chi connectivity index (χ3n) is 4.11. The van der Waals surface area contributed by atoms with Gasteiger partial charge >= 0.3 is 0 Å². The third-order valence-corrected chi connectivity index (χ3v) is 4.11. The molecule has 1 unspecified atom stereocenters. The maximum atomic E-state index is 12.4. The van der Waals surface area contributed by atoms with Gasteiger partial charge in [0.05, 0.1) is 19.8 Å². The van der Waals surface area contributed by atoms with Crippen molar-refractivity contribution < 1.29 is 14.6 Å². The molecule has 1 amide bonds. The van der Waals surface area contributed by atoms with Gasteiger partial charge in [-0.25, -0.2) is 0 Å². The van der Waals surface area contributed by atoms with E-state index in [4.69, 9.17) is 4.74 Å². The van der Waals surface area contributed by atoms with Gasteiger partial charge < -0.3 is 20.1 Å². The van der Waals surface area contributed by atoms with E-state index in [-0.39, 0.29) is 18.6 Å². The van der Waals surface area contributed by atoms with Crippen LogP contribution in [-0.4, -0.2) is 42.9 Å². The van der Waals surface area contributed by atoms with Crippen molar-refractivity contribution in [3.8, 4) is 0 Å². The Morgan fingerprint density at radius 1 is 1.48 bits per heavy atom. The van der Waals surface area contributed by atoms with Crippen molar-refractivity contribution in [1.29, 1.82) is 0 Å². The number of aliphatic hydroxyl groups is 1. The standard InChI is InChI=1S/C16H22N2O3/c1-11-8-12(9-19)2-5-14(11)18-6-7-21-10-15(18)16(20)17-13-3-4-13/h2,5,8,13,15,19H,3-4,6-7,9-10H2,1H3,(H,17,20). The van der Waals surface area contributed by atoms with Crippen molar-refractivity contribution in [3.05, 3.63) is 29.3 Å². The molecule has 3 rings (SSSR count). The number of benzene rings is 1. The lowest BCUT2D eigenvalue weighted by atomic mass is 10.1. The van der Waals surface area contributed by atoms with Crippen LogP contribution in [0.15, 0.2) is 18.2 Å². The molecule has 1 aromatic rings. The number of hydrogen-bond donors (Lipinski definition) is 2. The normalized spacial score (nSPS) is 22.2. The molecule has 1 aliphatic heterocycles. The molecular formula is C16H22N2O3. The number of nitrogens with zero attached hydrogens (tertiary/aromatic N) is 1. The van der Waals surface area contributed by atoms with E-state index in [0.29, 0.717) is 25.8 Å². The second kappa shape index (κ2) is 6.03. The summed E-state index contributed by atoms with van der Waals surface area (Å²) in [4.78, 5) is 14.5. The highest BCUT2D eigenvalue weighted by atomic mass is 16.5. The highest BCUT2D eigenvalue weighted by Crippen LogP contribution is 2.26. The third kappa shape index (κ3) is 3.19. The van der Waals surface area contributed by atoms with Crippen LogP contribution in [0.25, 0.3) is 0 Å². The summed E-state index contributed by atoms with van der Waals surface area (Å²) >= 11 is 0. The summed E-state index contributed by atoms with van der Waals surface area (Å²) in [5.74, 6) is 0.0582. The van der Waals surface area contributed by atoms with Crippen LogP contribution in [0, 0.1) is 6.92 Å². The number of hydrogen-bond acceptors (Lipinski definition) is 4. The lowest BCUT2D eigenvalue weighted by Crippen LogP contribution is -2.54. The lowest BCUT2D eigenvalue weighted by Gasteiger charge is -2.37. The molecule has 21 heavy (non-hydrogen) atoms. The smallest absolute Gasteiger partial charge is 0.245 e. The second-order valence-electron chi connectivity index (χ2n) is 5.85. The first-order valence-corrected chi connectivity index (χ1v) is 7.54. The largest absolute Gasteiger partial charge is 0.392 e. The van der Waals surface area contributed by atoms with E-state index in [2.05, 4.69) is 10.2 Å². The Bertz CT molecular complexity index is 528. The van der Waals surface area contributed by atoms with E-state index in [1.807, 2.05) is 25.1 Å². The van der Waals surface area contributed by atoms with Crippen LogP contribution < -0.4 is 10.2 Å². The average Bonchev–Trinajstić information content (AvgIpc) is 3.31. The summed E-state index contributed by atoms with van der Waals surface area (Å²) in [5.41, 5.74) is 3.02. The van der Waals surface area contributed by atoms with Crippen molar-refractivity contribution in [3.63, 3.8) is 0 Å². The molecule has 2 fully saturated rings. The zero-order valence-electron chi connectivity index (χ0n) is 12.3. The minimum atomic E-state index is -0.266. The Balaban J connectivity index is 1.81. The van der Waals surface area contributed by atoms with Crippen molar-refractivity contribution in [1.82, 2.24) is 5.32 Å². The van der Waals surface area contributed by atoms with Crippen LogP contribution in [0.5, 0.6) is 0 Å². The van der Waals surface area contributed by atoms with Gasteiger partial charge in [0.2, 0.25) is 5.91 Å². The summed E-state index contributed by atoms with van der Waals surface area (Å²) in [6.07, 6.45) is 2.17. The number of nitrogens with one attached hydrogen (secondary N) is 1. The Kier molecular flexibility index (Phi) is 4.12. The number of carbonyl (C=O) groups is 1. The Morgan fingerprint density at radius 3 is 2.95 bits per heavy atom. The maximum Gasteiger partial charge on any atom is 0.245 e. The van der Waals surface area contributed by atoms with Crippen LogP contribution in [0.4, 0.5) is 5.69 Å². The van der Waals surface area contributed by atoms with Gasteiger partial charge in [0.25, 0.3) is 0 Å². The van der Waals surface area contributed by atoms with Gasteiger partial charge in [-0.15, -0.1) is 0 Å². The van der Waals surface area contributed by atoms with Gasteiger partial charge in [-0.05, 0) is 37.0 Å². The molecule has 0 bridgehead atoms. The number of carbonyl (C=O) groups excluding carboxylic acids is 1. The first kappa shape index (κ1) is 14.4. The van der Waals surface area contributed by atoms with Gasteiger partial charge in [-0.1, -0.05) is 12.1 Å². The second-order valence-corrected chi connectivity index (χ2v) is 5.85. The van der Waals surface area contributed by atoms with Crippen LogP contribution in [0.1, 0.15) is 24.0 Å². The van der Waals surface area contributed by atoms with Gasteiger partial charge in [-0.3, -0.25) is 4.79 Å². The number of amides is 1. The minimum absolute atomic E-state index is 0.0375. The van der Waals surface area contributed by atoms with E-state index >= 15 is 0 Å². The van der Waals surface area contributed by atoms with Gasteiger partial charge in [0.1, 0.15) is 6.04 Å². The summed E-state index contributed by atoms with van der Waals surface area (Å²) in [5, 5.41) is 12.3. The Hall–Kier alpha value is -1.59. The fraction of sp³-hybridized carbons (Fsp3) is 0.562. The lowest BCUT2D eigenvalue weighted by molar-refractivity contribution is -0.124. The quantitative estimate of drug-likeness (QED) is 0.867. The number of ether oxygens (including phenoxy) is 1. The molecule has 1 saturated carbocycles. The fourth-order valence-electron chi connectivity index (χ4n) is 2.77. The SMILES string of the molecule is Cc1cc(CO)ccc1N1CCOCC1C(=O)NC1CC1. The van der Waals surface area contributed by atoms with Crippen molar-refractivity contribution >= 4 is 11.6 Å². The number of morpholine rings is 1. The van der Waals surface area contributed by atoms with E-state index in [9.17, 15) is 9.90 Å². The summed E-state index contributed by atoms with van der Waals surface area (Å²) in [6.45, 7) is 3.83. The molecule has 1 atom stereocenters. The van der Waals surface area contributed by atoms with Crippen molar-refractivity contribution in [2.24, 2.45) is 0 Å². The predicted molar refractivity (Wildman–Crippen MR) is 80.2 cm³/mol. The number of rotatable bonds is 4. The summed E-state index contributed by atoms with van der Waals surface area (Å²) < 4.78 is 5.50. The Morgan fingerprint density at radius 2 is 2.29 bits per heavy atom. The fourth-order valence-corrected chi connectivity index (χ4v) is 2.77. The first-order chi connectivity index (χ1) is 10.2. The molecule has 1 saturated heterocycles. The van der Waals surface area contributed by atoms with Gasteiger partial charge in [-0.2, -0.15) is 0 Å². The zero-order valence-corrected chi connectivity index (χ0v) is 12.3. The maximum absolute atomic E-state index is 12.4. The van der Waals surface area contributed by atoms with Crippen molar-refractivity contribution in [2.45, 2.75) is 38.5 Å². The molecule has 1 aromatic carbocycles. The molecule has 5 nitrogen and oxygen atoms in total. The first-order valence-electron chi connectivity index (χ1n) is 7.54. The number of anilines is 1. The van der Waals surface area contributed by atoms with E-state index in [1.165, 1.54) is 0 Å². The molecular weight excluding hydrogens is 268 g/mol. The summed E-state index contributed by atoms with van der Waals surface area (Å²) in [7, 11) is 0. The van der Waals surface area contributed by atoms with Crippen LogP contribution >= 0.6 is 0 Å². The number of aryl methyl sites for hydroxylation is 1. The molecule has 5 heteroatoms. The highest BCUT2D eigenvalue weighted by Gasteiger charge is 2.33. The van der Waals surface area contributed by atoms with E-state index in [0.717, 1.165) is 29.7 Å². The van der Waals surface area contributed by atoms with Crippen molar-refractivity contribution in [2.75, 3.05) is 24.7 Å². The minimum Gasteiger partial charge on any atom is -0.392 e. The highest BCUT2D eigenvalue weighted by molar-refractivity contribution is 5.86. The topological polar surface area (TPSA) is 61.8 Å². The summed E-state index contributed by atoms with van der Waals surface area (Å²) in [6, 6.07) is 5.97. The van der Waals surface area contributed by atoms with Crippen LogP contribution in [-0.2, 0) is 16.1 Å². The molecule has 114 valence electrons. The average molecular weight is 290 g/mol. The molecule has 2 N–H and O–H groups in total. The number of aliphatic hydroxyl groups excluding tert-OH is 1. The zero-order chi connectivity index (χ0) is 14.8. The molecule has 0 radical (unpaired) electrons.